The van der Waals surface area contributed by atoms with Gasteiger partial charge in [-0.05, 0) is 38.6 Å². The number of hydrogen-bond acceptors (Lipinski definition) is 4. The Hall–Kier alpha value is -1.13. The fourth-order valence-electron chi connectivity index (χ4n) is 1.74. The van der Waals surface area contributed by atoms with Crippen molar-refractivity contribution in [1.29, 1.82) is 0 Å². The molecule has 0 radical (unpaired) electrons. The van der Waals surface area contributed by atoms with Gasteiger partial charge in [0.05, 0.1) is 5.60 Å². The van der Waals surface area contributed by atoms with Gasteiger partial charge in [0.15, 0.2) is 0 Å². The largest absolute Gasteiger partial charge is 0.389 e. The lowest BCUT2D eigenvalue weighted by atomic mass is 10.1. The van der Waals surface area contributed by atoms with Crippen molar-refractivity contribution in [3.8, 4) is 0 Å². The van der Waals surface area contributed by atoms with E-state index in [1.165, 1.54) is 5.56 Å². The molecule has 1 rings (SSSR count). The van der Waals surface area contributed by atoms with Crippen molar-refractivity contribution in [2.75, 3.05) is 26.0 Å². The van der Waals surface area contributed by atoms with Crippen molar-refractivity contribution < 1.29 is 5.11 Å². The van der Waals surface area contributed by atoms with Crippen molar-refractivity contribution in [2.24, 2.45) is 0 Å². The van der Waals surface area contributed by atoms with Gasteiger partial charge in [-0.2, -0.15) is 0 Å². The Labute approximate surface area is 97.3 Å². The minimum atomic E-state index is -0.659. The van der Waals surface area contributed by atoms with Gasteiger partial charge < -0.3 is 10.4 Å². The molecule has 1 aromatic rings. The molecule has 4 nitrogen and oxygen atoms in total. The number of nitrogens with one attached hydrogen (secondary N) is 1. The van der Waals surface area contributed by atoms with Crippen molar-refractivity contribution >= 4 is 5.82 Å². The topological polar surface area (TPSA) is 48.4 Å². The maximum absolute atomic E-state index is 9.70. The fraction of sp³-hybridized carbons (Fsp3) is 0.583. The number of aromatic nitrogens is 1. The predicted molar refractivity (Wildman–Crippen MR) is 66.4 cm³/mol. The molecule has 0 amide bonds. The summed E-state index contributed by atoms with van der Waals surface area (Å²) in [5.74, 6) is 0.870. The molecule has 0 saturated heterocycles. The minimum absolute atomic E-state index is 0.643. The van der Waals surface area contributed by atoms with Crippen LogP contribution < -0.4 is 5.32 Å². The van der Waals surface area contributed by atoms with Crippen LogP contribution in [0.15, 0.2) is 18.3 Å². The van der Waals surface area contributed by atoms with Crippen LogP contribution in [0.2, 0.25) is 0 Å². The summed E-state index contributed by atoms with van der Waals surface area (Å²) in [6.07, 6.45) is 1.79. The van der Waals surface area contributed by atoms with Crippen LogP contribution in [-0.4, -0.2) is 41.2 Å². The van der Waals surface area contributed by atoms with E-state index >= 15 is 0 Å². The highest BCUT2D eigenvalue weighted by Crippen LogP contribution is 2.10. The van der Waals surface area contributed by atoms with E-state index in [-0.39, 0.29) is 0 Å². The lowest BCUT2D eigenvalue weighted by Gasteiger charge is -2.25. The fourth-order valence-corrected chi connectivity index (χ4v) is 1.74. The lowest BCUT2D eigenvalue weighted by Crippen LogP contribution is -2.35. The number of rotatable bonds is 5. The number of anilines is 1. The van der Waals surface area contributed by atoms with Crippen LogP contribution in [0.25, 0.3) is 0 Å². The molecule has 0 bridgehead atoms. The average Bonchev–Trinajstić information content (AvgIpc) is 2.15. The molecule has 4 heteroatoms. The SMILES string of the molecule is CNc1cc(CN(C)CC(C)(C)O)ccn1. The van der Waals surface area contributed by atoms with E-state index in [0.29, 0.717) is 6.54 Å². The number of aliphatic hydroxyl groups is 1. The Morgan fingerprint density at radius 1 is 1.50 bits per heavy atom. The first-order valence-corrected chi connectivity index (χ1v) is 5.44. The summed E-state index contributed by atoms with van der Waals surface area (Å²) < 4.78 is 0. The second-order valence-corrected chi connectivity index (χ2v) is 4.78. The van der Waals surface area contributed by atoms with Crippen LogP contribution in [0.3, 0.4) is 0 Å². The third-order valence-electron chi connectivity index (χ3n) is 2.19. The Kier molecular flexibility index (Phi) is 4.26. The predicted octanol–water partition coefficient (Wildman–Crippen LogP) is 1.33. The Balaban J connectivity index is 2.59. The number of likely N-dealkylation sites (N-methyl/N-ethyl adjacent to an activating group) is 1. The second-order valence-electron chi connectivity index (χ2n) is 4.78. The minimum Gasteiger partial charge on any atom is -0.389 e. The molecule has 0 aromatic carbocycles. The highest BCUT2D eigenvalue weighted by Gasteiger charge is 2.15. The van der Waals surface area contributed by atoms with E-state index < -0.39 is 5.60 Å². The summed E-state index contributed by atoms with van der Waals surface area (Å²) in [7, 11) is 3.85. The summed E-state index contributed by atoms with van der Waals surface area (Å²) in [6.45, 7) is 5.08. The van der Waals surface area contributed by atoms with Crippen molar-refractivity contribution in [3.63, 3.8) is 0 Å². The monoisotopic (exact) mass is 223 g/mol. The molecule has 0 atom stereocenters. The van der Waals surface area contributed by atoms with Crippen molar-refractivity contribution in [1.82, 2.24) is 9.88 Å². The lowest BCUT2D eigenvalue weighted by molar-refractivity contribution is 0.0425. The zero-order valence-electron chi connectivity index (χ0n) is 10.5. The highest BCUT2D eigenvalue weighted by atomic mass is 16.3. The van der Waals surface area contributed by atoms with Gasteiger partial charge in [-0.25, -0.2) is 4.98 Å². The van der Waals surface area contributed by atoms with E-state index in [1.54, 1.807) is 6.20 Å². The first-order valence-electron chi connectivity index (χ1n) is 5.44. The van der Waals surface area contributed by atoms with E-state index in [2.05, 4.69) is 15.2 Å². The first-order chi connectivity index (χ1) is 7.40. The van der Waals surface area contributed by atoms with Gasteiger partial charge in [-0.15, -0.1) is 0 Å². The van der Waals surface area contributed by atoms with Crippen LogP contribution in [-0.2, 0) is 6.54 Å². The molecule has 0 aliphatic rings. The molecule has 90 valence electrons. The zero-order chi connectivity index (χ0) is 12.2. The molecular weight excluding hydrogens is 202 g/mol. The van der Waals surface area contributed by atoms with E-state index in [9.17, 15) is 5.11 Å². The van der Waals surface area contributed by atoms with Crippen LogP contribution in [0.4, 0.5) is 5.82 Å². The quantitative estimate of drug-likeness (QED) is 0.790. The van der Waals surface area contributed by atoms with Gasteiger partial charge in [-0.3, -0.25) is 4.90 Å². The summed E-state index contributed by atoms with van der Waals surface area (Å²) in [6, 6.07) is 4.00. The third kappa shape index (κ3) is 4.59. The maximum atomic E-state index is 9.70. The molecular formula is C12H21N3O. The summed E-state index contributed by atoms with van der Waals surface area (Å²) >= 11 is 0. The number of pyridine rings is 1. The molecule has 16 heavy (non-hydrogen) atoms. The molecule has 2 N–H and O–H groups in total. The molecule has 0 spiro atoms. The third-order valence-corrected chi connectivity index (χ3v) is 2.19. The Bertz CT molecular complexity index is 333. The second kappa shape index (κ2) is 5.27. The summed E-state index contributed by atoms with van der Waals surface area (Å²) in [5, 5.41) is 12.7. The standard InChI is InChI=1S/C12H21N3O/c1-12(2,16)9-15(4)8-10-5-6-14-11(7-10)13-3/h5-7,16H,8-9H2,1-4H3,(H,13,14). The van der Waals surface area contributed by atoms with Crippen molar-refractivity contribution in [3.05, 3.63) is 23.9 Å². The molecule has 0 fully saturated rings. The number of hydrogen-bond donors (Lipinski definition) is 2. The number of nitrogens with zero attached hydrogens (tertiary/aromatic N) is 2. The van der Waals surface area contributed by atoms with Gasteiger partial charge in [0.2, 0.25) is 0 Å². The van der Waals surface area contributed by atoms with Gasteiger partial charge >= 0.3 is 0 Å². The highest BCUT2D eigenvalue weighted by molar-refractivity contribution is 5.36. The van der Waals surface area contributed by atoms with E-state index in [0.717, 1.165) is 12.4 Å². The van der Waals surface area contributed by atoms with Gasteiger partial charge in [0.25, 0.3) is 0 Å². The Morgan fingerprint density at radius 2 is 2.19 bits per heavy atom. The molecule has 0 saturated carbocycles. The molecule has 0 aliphatic heterocycles. The first kappa shape index (κ1) is 12.9. The zero-order valence-corrected chi connectivity index (χ0v) is 10.5. The average molecular weight is 223 g/mol. The van der Waals surface area contributed by atoms with Crippen LogP contribution in [0.1, 0.15) is 19.4 Å². The van der Waals surface area contributed by atoms with Gasteiger partial charge in [0, 0.05) is 26.3 Å². The van der Waals surface area contributed by atoms with E-state index in [4.69, 9.17) is 0 Å². The van der Waals surface area contributed by atoms with Gasteiger partial charge in [-0.1, -0.05) is 0 Å². The molecule has 1 aromatic heterocycles. The Morgan fingerprint density at radius 3 is 2.75 bits per heavy atom. The molecule has 0 aliphatic carbocycles. The van der Waals surface area contributed by atoms with E-state index in [1.807, 2.05) is 40.1 Å². The molecule has 0 unspecified atom stereocenters. The maximum Gasteiger partial charge on any atom is 0.125 e. The normalized spacial score (nSPS) is 11.9. The smallest absolute Gasteiger partial charge is 0.125 e. The van der Waals surface area contributed by atoms with Crippen LogP contribution in [0, 0.1) is 0 Å². The summed E-state index contributed by atoms with van der Waals surface area (Å²) in [4.78, 5) is 6.25. The van der Waals surface area contributed by atoms with Crippen LogP contribution >= 0.6 is 0 Å². The molecule has 1 heterocycles. The summed E-state index contributed by atoms with van der Waals surface area (Å²) in [5.41, 5.74) is 0.527. The van der Waals surface area contributed by atoms with Crippen molar-refractivity contribution in [2.45, 2.75) is 26.0 Å². The van der Waals surface area contributed by atoms with Gasteiger partial charge in [0.1, 0.15) is 5.82 Å². The van der Waals surface area contributed by atoms with Crippen LogP contribution in [0.5, 0.6) is 0 Å².